The van der Waals surface area contributed by atoms with Gasteiger partial charge < -0.3 is 15.2 Å². The first-order valence-corrected chi connectivity index (χ1v) is 5.80. The van der Waals surface area contributed by atoms with Crippen LogP contribution in [0.5, 0.6) is 0 Å². The number of hydrogen-bond acceptors (Lipinski definition) is 4. The van der Waals surface area contributed by atoms with Gasteiger partial charge in [0.2, 0.25) is 0 Å². The number of amides is 2. The van der Waals surface area contributed by atoms with Crippen LogP contribution in [0.15, 0.2) is 12.3 Å². The first kappa shape index (κ1) is 13.3. The van der Waals surface area contributed by atoms with E-state index in [2.05, 4.69) is 15.7 Å². The van der Waals surface area contributed by atoms with Gasteiger partial charge in [-0.25, -0.2) is 4.79 Å². The molecule has 2 atom stereocenters. The highest BCUT2D eigenvalue weighted by atomic mass is 16.5. The number of nitrogens with one attached hydrogen (secondary N) is 2. The molecule has 0 saturated carbocycles. The zero-order valence-corrected chi connectivity index (χ0v) is 10.7. The summed E-state index contributed by atoms with van der Waals surface area (Å²) in [6.07, 6.45) is 1.69. The van der Waals surface area contributed by atoms with Crippen molar-refractivity contribution in [1.82, 2.24) is 15.1 Å². The molecule has 1 aromatic rings. The van der Waals surface area contributed by atoms with Crippen molar-refractivity contribution in [2.75, 3.05) is 18.5 Å². The van der Waals surface area contributed by atoms with Crippen LogP contribution < -0.4 is 10.6 Å². The molecule has 2 rings (SSSR count). The molecule has 8 nitrogen and oxygen atoms in total. The first-order valence-electron chi connectivity index (χ1n) is 5.80. The molecular weight excluding hydrogens is 252 g/mol. The molecule has 8 heteroatoms. The lowest BCUT2D eigenvalue weighted by molar-refractivity contribution is -0.148. The summed E-state index contributed by atoms with van der Waals surface area (Å²) in [6.45, 7) is 1.81. The van der Waals surface area contributed by atoms with Crippen LogP contribution in [-0.2, 0) is 16.6 Å². The number of carboxylic acid groups (broad SMARTS) is 1. The third-order valence-corrected chi connectivity index (χ3v) is 3.20. The zero-order valence-electron chi connectivity index (χ0n) is 10.7. The van der Waals surface area contributed by atoms with E-state index < -0.39 is 23.5 Å². The molecule has 1 aliphatic heterocycles. The van der Waals surface area contributed by atoms with Gasteiger partial charge in [0.05, 0.1) is 19.3 Å². The number of aromatic nitrogens is 2. The molecule has 2 heterocycles. The smallest absolute Gasteiger partial charge is 0.320 e. The van der Waals surface area contributed by atoms with Crippen LogP contribution >= 0.6 is 0 Å². The number of urea groups is 1. The first-order chi connectivity index (χ1) is 8.91. The standard InChI is InChI=1S/C11H16N4O4/c1-11(9(16)17)6-19-5-7(11)12-10(18)13-8-3-4-15(2)14-8/h3-4,7H,5-6H2,1-2H3,(H,16,17)(H2,12,13,14,18). The molecule has 1 aliphatic rings. The molecule has 0 spiro atoms. The van der Waals surface area contributed by atoms with Gasteiger partial charge in [-0.3, -0.25) is 14.8 Å². The van der Waals surface area contributed by atoms with Gasteiger partial charge in [0.1, 0.15) is 5.41 Å². The second-order valence-electron chi connectivity index (χ2n) is 4.76. The highest BCUT2D eigenvalue weighted by Gasteiger charge is 2.47. The maximum absolute atomic E-state index is 11.8. The molecule has 0 bridgehead atoms. The second-order valence-corrected chi connectivity index (χ2v) is 4.76. The minimum atomic E-state index is -1.11. The number of hydrogen-bond donors (Lipinski definition) is 3. The van der Waals surface area contributed by atoms with E-state index in [-0.39, 0.29) is 13.2 Å². The fourth-order valence-corrected chi connectivity index (χ4v) is 1.88. The third kappa shape index (κ3) is 2.68. The van der Waals surface area contributed by atoms with Crippen molar-refractivity contribution in [3.05, 3.63) is 12.3 Å². The van der Waals surface area contributed by atoms with Gasteiger partial charge >= 0.3 is 12.0 Å². The predicted molar refractivity (Wildman–Crippen MR) is 65.7 cm³/mol. The Bertz CT molecular complexity index is 501. The Morgan fingerprint density at radius 2 is 2.37 bits per heavy atom. The topological polar surface area (TPSA) is 105 Å². The Labute approximate surface area is 109 Å². The van der Waals surface area contributed by atoms with Crippen LogP contribution in [0.25, 0.3) is 0 Å². The molecule has 3 N–H and O–H groups in total. The highest BCUT2D eigenvalue weighted by Crippen LogP contribution is 2.28. The minimum absolute atomic E-state index is 0.0802. The molecule has 0 aromatic carbocycles. The van der Waals surface area contributed by atoms with E-state index >= 15 is 0 Å². The number of rotatable bonds is 3. The van der Waals surface area contributed by atoms with E-state index in [1.54, 1.807) is 30.9 Å². The van der Waals surface area contributed by atoms with E-state index in [0.717, 1.165) is 0 Å². The summed E-state index contributed by atoms with van der Waals surface area (Å²) in [6, 6.07) is 0.566. The monoisotopic (exact) mass is 268 g/mol. The van der Waals surface area contributed by atoms with Gasteiger partial charge in [-0.1, -0.05) is 0 Å². The van der Waals surface area contributed by atoms with Crippen molar-refractivity contribution in [2.45, 2.75) is 13.0 Å². The second kappa shape index (κ2) is 4.88. The number of anilines is 1. The van der Waals surface area contributed by atoms with Gasteiger partial charge in [0.25, 0.3) is 0 Å². The number of aryl methyl sites for hydroxylation is 1. The molecule has 1 fully saturated rings. The average Bonchev–Trinajstić information content (AvgIpc) is 2.87. The number of carbonyl (C=O) groups excluding carboxylic acids is 1. The third-order valence-electron chi connectivity index (χ3n) is 3.20. The number of aliphatic carboxylic acids is 1. The normalized spacial score (nSPS) is 26.1. The Kier molecular flexibility index (Phi) is 3.43. The van der Waals surface area contributed by atoms with Gasteiger partial charge in [-0.05, 0) is 6.92 Å². The fourth-order valence-electron chi connectivity index (χ4n) is 1.88. The number of nitrogens with zero attached hydrogens (tertiary/aromatic N) is 2. The maximum atomic E-state index is 11.8. The van der Waals surface area contributed by atoms with Crippen molar-refractivity contribution in [2.24, 2.45) is 12.5 Å². The van der Waals surface area contributed by atoms with E-state index in [9.17, 15) is 14.7 Å². The fraction of sp³-hybridized carbons (Fsp3) is 0.545. The average molecular weight is 268 g/mol. The van der Waals surface area contributed by atoms with Gasteiger partial charge in [0.15, 0.2) is 5.82 Å². The molecule has 19 heavy (non-hydrogen) atoms. The summed E-state index contributed by atoms with van der Waals surface area (Å²) in [5.41, 5.74) is -1.11. The van der Waals surface area contributed by atoms with Crippen molar-refractivity contribution in [1.29, 1.82) is 0 Å². The molecule has 2 unspecified atom stereocenters. The van der Waals surface area contributed by atoms with E-state index in [0.29, 0.717) is 5.82 Å². The zero-order chi connectivity index (χ0) is 14.0. The largest absolute Gasteiger partial charge is 0.481 e. The minimum Gasteiger partial charge on any atom is -0.481 e. The Balaban J connectivity index is 1.97. The molecule has 1 saturated heterocycles. The number of ether oxygens (including phenoxy) is 1. The molecule has 0 radical (unpaired) electrons. The van der Waals surface area contributed by atoms with E-state index in [1.165, 1.54) is 0 Å². The summed E-state index contributed by atoms with van der Waals surface area (Å²) in [4.78, 5) is 23.0. The summed E-state index contributed by atoms with van der Waals surface area (Å²) in [5.74, 6) is -0.593. The number of carboxylic acids is 1. The van der Waals surface area contributed by atoms with Crippen LogP contribution in [0.4, 0.5) is 10.6 Å². The summed E-state index contributed by atoms with van der Waals surface area (Å²) < 4.78 is 6.70. The molecule has 2 amide bonds. The molecule has 0 aliphatic carbocycles. The van der Waals surface area contributed by atoms with Crippen LogP contribution in [0.2, 0.25) is 0 Å². The lowest BCUT2D eigenvalue weighted by Gasteiger charge is -2.25. The van der Waals surface area contributed by atoms with Gasteiger partial charge in [-0.2, -0.15) is 5.10 Å². The Morgan fingerprint density at radius 3 is 2.95 bits per heavy atom. The van der Waals surface area contributed by atoms with Crippen LogP contribution in [0, 0.1) is 5.41 Å². The molecule has 1 aromatic heterocycles. The van der Waals surface area contributed by atoms with Crippen LogP contribution in [0.1, 0.15) is 6.92 Å². The van der Waals surface area contributed by atoms with Gasteiger partial charge in [-0.15, -0.1) is 0 Å². The van der Waals surface area contributed by atoms with Crippen LogP contribution in [0.3, 0.4) is 0 Å². The Morgan fingerprint density at radius 1 is 1.63 bits per heavy atom. The molecule has 104 valence electrons. The lowest BCUT2D eigenvalue weighted by Crippen LogP contribution is -2.50. The maximum Gasteiger partial charge on any atom is 0.320 e. The van der Waals surface area contributed by atoms with E-state index in [4.69, 9.17) is 4.74 Å². The SMILES string of the molecule is Cn1ccc(NC(=O)NC2COCC2(C)C(=O)O)n1. The number of carbonyl (C=O) groups is 2. The van der Waals surface area contributed by atoms with E-state index in [1.807, 2.05) is 0 Å². The van der Waals surface area contributed by atoms with Crippen molar-refractivity contribution < 1.29 is 19.4 Å². The highest BCUT2D eigenvalue weighted by molar-refractivity contribution is 5.89. The lowest BCUT2D eigenvalue weighted by atomic mass is 9.85. The summed E-state index contributed by atoms with van der Waals surface area (Å²) in [5, 5.41) is 18.3. The van der Waals surface area contributed by atoms with Crippen molar-refractivity contribution in [3.63, 3.8) is 0 Å². The van der Waals surface area contributed by atoms with Gasteiger partial charge in [0, 0.05) is 19.3 Å². The Hall–Kier alpha value is -2.09. The quantitative estimate of drug-likeness (QED) is 0.717. The van der Waals surface area contributed by atoms with Crippen molar-refractivity contribution in [3.8, 4) is 0 Å². The van der Waals surface area contributed by atoms with Crippen LogP contribution in [-0.4, -0.2) is 46.1 Å². The van der Waals surface area contributed by atoms with Crippen molar-refractivity contribution >= 4 is 17.8 Å². The molecular formula is C11H16N4O4. The predicted octanol–water partition coefficient (Wildman–Crippen LogP) is 0.0313. The summed E-state index contributed by atoms with van der Waals surface area (Å²) >= 11 is 0. The summed E-state index contributed by atoms with van der Waals surface area (Å²) in [7, 11) is 1.73.